The van der Waals surface area contributed by atoms with E-state index in [1.165, 1.54) is 11.0 Å². The summed E-state index contributed by atoms with van der Waals surface area (Å²) in [5.41, 5.74) is -0.719. The Balaban J connectivity index is 1.71. The SMILES string of the molecule is CN1CCCC(n2cc(-c3ccc(F)c(C(F)(F)F)c3)nc2C2CCN(C(=O)O)CC2)C1. The summed E-state index contributed by atoms with van der Waals surface area (Å²) in [6.07, 6.45) is -0.839. The molecule has 1 N–H and O–H groups in total. The fourth-order valence-corrected chi connectivity index (χ4v) is 4.74. The number of nitrogens with zero attached hydrogens (tertiary/aromatic N) is 4. The summed E-state index contributed by atoms with van der Waals surface area (Å²) in [5, 5.41) is 9.23. The molecule has 0 spiro atoms. The van der Waals surface area contributed by atoms with Crippen molar-refractivity contribution in [2.75, 3.05) is 33.2 Å². The van der Waals surface area contributed by atoms with Gasteiger partial charge < -0.3 is 19.5 Å². The molecule has 2 aromatic rings. The van der Waals surface area contributed by atoms with Crippen molar-refractivity contribution in [2.45, 2.75) is 43.8 Å². The third-order valence-electron chi connectivity index (χ3n) is 6.45. The van der Waals surface area contributed by atoms with Crippen LogP contribution in [-0.4, -0.2) is 63.8 Å². The van der Waals surface area contributed by atoms with Gasteiger partial charge in [0.2, 0.25) is 0 Å². The van der Waals surface area contributed by atoms with Crippen LogP contribution in [0.25, 0.3) is 11.3 Å². The standard InChI is InChI=1S/C22H26F4N4O2/c1-28-8-2-3-16(12-28)30-13-19(15-4-5-18(23)17(11-15)22(24,25)26)27-20(30)14-6-9-29(10-7-14)21(31)32/h4-5,11,13-14,16H,2-3,6-10,12H2,1H3,(H,31,32). The van der Waals surface area contributed by atoms with Crippen molar-refractivity contribution in [2.24, 2.45) is 0 Å². The number of hydrogen-bond acceptors (Lipinski definition) is 3. The average molecular weight is 454 g/mol. The molecule has 0 saturated carbocycles. The van der Waals surface area contributed by atoms with E-state index in [9.17, 15) is 27.5 Å². The number of carboxylic acid groups (broad SMARTS) is 1. The fourth-order valence-electron chi connectivity index (χ4n) is 4.74. The number of halogens is 4. The Labute approximate surface area is 183 Å². The van der Waals surface area contributed by atoms with Gasteiger partial charge in [-0.25, -0.2) is 14.2 Å². The Morgan fingerprint density at radius 1 is 1.16 bits per heavy atom. The van der Waals surface area contributed by atoms with E-state index < -0.39 is 23.7 Å². The molecule has 174 valence electrons. The lowest BCUT2D eigenvalue weighted by molar-refractivity contribution is -0.139. The van der Waals surface area contributed by atoms with Crippen molar-refractivity contribution in [3.05, 3.63) is 41.6 Å². The highest BCUT2D eigenvalue weighted by Gasteiger charge is 2.35. The summed E-state index contributed by atoms with van der Waals surface area (Å²) < 4.78 is 55.5. The van der Waals surface area contributed by atoms with Gasteiger partial charge in [0, 0.05) is 43.4 Å². The predicted molar refractivity (Wildman–Crippen MR) is 110 cm³/mol. The lowest BCUT2D eigenvalue weighted by Crippen LogP contribution is -2.38. The molecular weight excluding hydrogens is 428 g/mol. The van der Waals surface area contributed by atoms with Crippen LogP contribution in [0.1, 0.15) is 49.0 Å². The number of likely N-dealkylation sites (tertiary alicyclic amines) is 2. The first-order valence-corrected chi connectivity index (χ1v) is 10.8. The molecule has 32 heavy (non-hydrogen) atoms. The van der Waals surface area contributed by atoms with E-state index in [2.05, 4.69) is 9.47 Å². The van der Waals surface area contributed by atoms with E-state index in [-0.39, 0.29) is 17.5 Å². The van der Waals surface area contributed by atoms with Gasteiger partial charge in [0.25, 0.3) is 0 Å². The van der Waals surface area contributed by atoms with Crippen LogP contribution in [0.4, 0.5) is 22.4 Å². The predicted octanol–water partition coefficient (Wildman–Crippen LogP) is 4.83. The van der Waals surface area contributed by atoms with Crippen molar-refractivity contribution >= 4 is 6.09 Å². The van der Waals surface area contributed by atoms with Gasteiger partial charge in [-0.05, 0) is 57.5 Å². The highest BCUT2D eigenvalue weighted by Crippen LogP contribution is 2.37. The van der Waals surface area contributed by atoms with Gasteiger partial charge >= 0.3 is 12.3 Å². The van der Waals surface area contributed by atoms with Crippen LogP contribution in [0.2, 0.25) is 0 Å². The zero-order chi connectivity index (χ0) is 23.0. The molecule has 2 aliphatic heterocycles. The molecule has 1 unspecified atom stereocenters. The zero-order valence-corrected chi connectivity index (χ0v) is 17.8. The van der Waals surface area contributed by atoms with Gasteiger partial charge in [-0.1, -0.05) is 0 Å². The minimum absolute atomic E-state index is 0.00844. The molecule has 1 atom stereocenters. The molecule has 4 rings (SSSR count). The van der Waals surface area contributed by atoms with E-state index in [4.69, 9.17) is 4.98 Å². The number of imidazole rings is 1. The minimum atomic E-state index is -4.79. The Morgan fingerprint density at radius 2 is 1.88 bits per heavy atom. The molecule has 0 bridgehead atoms. The van der Waals surface area contributed by atoms with Gasteiger partial charge in [-0.2, -0.15) is 13.2 Å². The molecule has 0 aliphatic carbocycles. The minimum Gasteiger partial charge on any atom is -0.465 e. The molecule has 10 heteroatoms. The van der Waals surface area contributed by atoms with Crippen LogP contribution in [0.15, 0.2) is 24.4 Å². The van der Waals surface area contributed by atoms with Gasteiger partial charge in [0.15, 0.2) is 0 Å². The van der Waals surface area contributed by atoms with Gasteiger partial charge in [-0.3, -0.25) is 0 Å². The molecule has 2 saturated heterocycles. The Morgan fingerprint density at radius 3 is 2.50 bits per heavy atom. The molecular formula is C22H26F4N4O2. The van der Waals surface area contributed by atoms with Gasteiger partial charge in [0.1, 0.15) is 11.6 Å². The summed E-state index contributed by atoms with van der Waals surface area (Å²) in [6, 6.07) is 3.09. The number of amides is 1. The van der Waals surface area contributed by atoms with E-state index >= 15 is 0 Å². The van der Waals surface area contributed by atoms with Crippen LogP contribution in [0.5, 0.6) is 0 Å². The highest BCUT2D eigenvalue weighted by atomic mass is 19.4. The maximum atomic E-state index is 13.8. The van der Waals surface area contributed by atoms with Crippen LogP contribution < -0.4 is 0 Å². The van der Waals surface area contributed by atoms with Crippen molar-refractivity contribution in [1.82, 2.24) is 19.4 Å². The van der Waals surface area contributed by atoms with Crippen LogP contribution in [-0.2, 0) is 6.18 Å². The molecule has 3 heterocycles. The second-order valence-corrected chi connectivity index (χ2v) is 8.69. The number of benzene rings is 1. The number of alkyl halides is 3. The second-order valence-electron chi connectivity index (χ2n) is 8.69. The maximum Gasteiger partial charge on any atom is 0.419 e. The van der Waals surface area contributed by atoms with Crippen molar-refractivity contribution in [1.29, 1.82) is 0 Å². The summed E-state index contributed by atoms with van der Waals surface area (Å²) in [6.45, 7) is 2.56. The quantitative estimate of drug-likeness (QED) is 0.675. The third kappa shape index (κ3) is 4.60. The zero-order valence-electron chi connectivity index (χ0n) is 17.8. The molecule has 1 aromatic carbocycles. The Kier molecular flexibility index (Phi) is 6.15. The molecule has 2 aliphatic rings. The lowest BCUT2D eigenvalue weighted by Gasteiger charge is -2.34. The van der Waals surface area contributed by atoms with Crippen LogP contribution in [0.3, 0.4) is 0 Å². The van der Waals surface area contributed by atoms with E-state index in [0.29, 0.717) is 31.6 Å². The topological polar surface area (TPSA) is 61.6 Å². The summed E-state index contributed by atoms with van der Waals surface area (Å²) in [4.78, 5) is 19.6. The third-order valence-corrected chi connectivity index (χ3v) is 6.45. The monoisotopic (exact) mass is 454 g/mol. The molecule has 0 radical (unpaired) electrons. The number of aromatic nitrogens is 2. The van der Waals surface area contributed by atoms with Crippen LogP contribution in [0, 0.1) is 5.82 Å². The van der Waals surface area contributed by atoms with E-state index in [1.54, 1.807) is 6.20 Å². The van der Waals surface area contributed by atoms with Crippen molar-refractivity contribution < 1.29 is 27.5 Å². The Bertz CT molecular complexity index is 983. The summed E-state index contributed by atoms with van der Waals surface area (Å²) >= 11 is 0. The molecule has 1 aromatic heterocycles. The van der Waals surface area contributed by atoms with E-state index in [0.717, 1.165) is 43.9 Å². The fraction of sp³-hybridized carbons (Fsp3) is 0.545. The van der Waals surface area contributed by atoms with Crippen LogP contribution >= 0.6 is 0 Å². The lowest BCUT2D eigenvalue weighted by atomic mass is 9.95. The number of rotatable bonds is 3. The average Bonchev–Trinajstić information content (AvgIpc) is 3.19. The number of piperidine rings is 2. The molecule has 6 nitrogen and oxygen atoms in total. The first-order valence-electron chi connectivity index (χ1n) is 10.8. The Hall–Kier alpha value is -2.62. The van der Waals surface area contributed by atoms with Gasteiger partial charge in [-0.15, -0.1) is 0 Å². The van der Waals surface area contributed by atoms with E-state index in [1.807, 2.05) is 7.05 Å². The summed E-state index contributed by atoms with van der Waals surface area (Å²) in [7, 11) is 2.03. The maximum absolute atomic E-state index is 13.8. The highest BCUT2D eigenvalue weighted by molar-refractivity contribution is 5.65. The number of hydrogen-bond donors (Lipinski definition) is 1. The van der Waals surface area contributed by atoms with Crippen molar-refractivity contribution in [3.8, 4) is 11.3 Å². The summed E-state index contributed by atoms with van der Waals surface area (Å²) in [5.74, 6) is -0.534. The molecule has 2 fully saturated rings. The van der Waals surface area contributed by atoms with Crippen molar-refractivity contribution in [3.63, 3.8) is 0 Å². The smallest absolute Gasteiger partial charge is 0.419 e. The first-order chi connectivity index (χ1) is 15.1. The normalized spacial score (nSPS) is 21.2. The largest absolute Gasteiger partial charge is 0.465 e. The van der Waals surface area contributed by atoms with Gasteiger partial charge in [0.05, 0.1) is 11.3 Å². The number of carbonyl (C=O) groups is 1. The number of likely N-dealkylation sites (N-methyl/N-ethyl adjacent to an activating group) is 1. The molecule has 1 amide bonds. The first kappa shape index (κ1) is 22.6. The second kappa shape index (κ2) is 8.73.